The van der Waals surface area contributed by atoms with E-state index in [0.717, 1.165) is 0 Å². The molecule has 0 atom stereocenters. The Kier molecular flexibility index (Phi) is 6.74. The van der Waals surface area contributed by atoms with Gasteiger partial charge in [0.05, 0.1) is 34.1 Å². The van der Waals surface area contributed by atoms with E-state index in [1.807, 2.05) is 0 Å². The molecule has 0 bridgehead atoms. The number of nitrogens with one attached hydrogen (secondary N) is 1. The highest BCUT2D eigenvalue weighted by Crippen LogP contribution is 2.40. The van der Waals surface area contributed by atoms with Crippen molar-refractivity contribution in [3.8, 4) is 23.0 Å². The second kappa shape index (κ2) is 9.01. The molecular weight excluding hydrogens is 358 g/mol. The van der Waals surface area contributed by atoms with E-state index in [2.05, 4.69) is 5.32 Å². The van der Waals surface area contributed by atoms with Crippen LogP contribution < -0.4 is 24.3 Å². The highest BCUT2D eigenvalue weighted by Gasteiger charge is 2.14. The molecule has 7 heteroatoms. The molecule has 0 aliphatic heterocycles. The fraction of sp³-hybridized carbons (Fsp3) is 0.211. The summed E-state index contributed by atoms with van der Waals surface area (Å²) in [6, 6.07) is 8.48. The average molecular weight is 378 g/mol. The molecule has 0 aromatic heterocycles. The van der Waals surface area contributed by atoms with Crippen molar-refractivity contribution in [3.63, 3.8) is 0 Å². The summed E-state index contributed by atoms with van der Waals surface area (Å²) in [6.45, 7) is 0. The van der Waals surface area contributed by atoms with Gasteiger partial charge in [-0.25, -0.2) is 0 Å². The maximum atomic E-state index is 12.2. The van der Waals surface area contributed by atoms with Gasteiger partial charge >= 0.3 is 0 Å². The number of benzene rings is 2. The van der Waals surface area contributed by atoms with Crippen molar-refractivity contribution in [2.75, 3.05) is 33.8 Å². The minimum absolute atomic E-state index is 0.345. The highest BCUT2D eigenvalue weighted by atomic mass is 35.5. The SMILES string of the molecule is COc1ccc(Cl)cc1NC(=O)/C=C/c1ccc(OC)c(OC)c1OC. The molecule has 2 aromatic carbocycles. The lowest BCUT2D eigenvalue weighted by molar-refractivity contribution is -0.111. The third kappa shape index (κ3) is 4.40. The summed E-state index contributed by atoms with van der Waals surface area (Å²) in [4.78, 5) is 12.2. The molecule has 0 aliphatic rings. The van der Waals surface area contributed by atoms with Crippen molar-refractivity contribution < 1.29 is 23.7 Å². The van der Waals surface area contributed by atoms with Crippen LogP contribution in [0.1, 0.15) is 5.56 Å². The molecule has 1 amide bonds. The predicted molar refractivity (Wildman–Crippen MR) is 102 cm³/mol. The van der Waals surface area contributed by atoms with Crippen molar-refractivity contribution in [3.05, 3.63) is 47.0 Å². The topological polar surface area (TPSA) is 66.0 Å². The van der Waals surface area contributed by atoms with Crippen LogP contribution in [0.15, 0.2) is 36.4 Å². The molecule has 0 radical (unpaired) electrons. The Labute approximate surface area is 157 Å². The van der Waals surface area contributed by atoms with Crippen LogP contribution in [-0.2, 0) is 4.79 Å². The maximum Gasteiger partial charge on any atom is 0.248 e. The summed E-state index contributed by atoms with van der Waals surface area (Å²) in [5, 5.41) is 3.22. The van der Waals surface area contributed by atoms with Gasteiger partial charge in [-0.2, -0.15) is 0 Å². The molecule has 2 rings (SSSR count). The largest absolute Gasteiger partial charge is 0.495 e. The fourth-order valence-corrected chi connectivity index (χ4v) is 2.55. The normalized spacial score (nSPS) is 10.5. The number of rotatable bonds is 7. The maximum absolute atomic E-state index is 12.2. The van der Waals surface area contributed by atoms with Gasteiger partial charge in [-0.15, -0.1) is 0 Å². The van der Waals surface area contributed by atoms with Crippen molar-refractivity contribution >= 4 is 29.3 Å². The number of methoxy groups -OCH3 is 4. The van der Waals surface area contributed by atoms with Crippen LogP contribution in [0.25, 0.3) is 6.08 Å². The van der Waals surface area contributed by atoms with Gasteiger partial charge in [0.15, 0.2) is 11.5 Å². The van der Waals surface area contributed by atoms with E-state index in [9.17, 15) is 4.79 Å². The third-order valence-electron chi connectivity index (χ3n) is 3.57. The van der Waals surface area contributed by atoms with E-state index in [-0.39, 0.29) is 5.91 Å². The zero-order valence-electron chi connectivity index (χ0n) is 15.0. The average Bonchev–Trinajstić information content (AvgIpc) is 2.65. The second-order valence-corrected chi connectivity index (χ2v) is 5.53. The number of hydrogen-bond donors (Lipinski definition) is 1. The summed E-state index contributed by atoms with van der Waals surface area (Å²) in [6.07, 6.45) is 3.00. The first-order valence-electron chi connectivity index (χ1n) is 7.65. The Morgan fingerprint density at radius 1 is 0.923 bits per heavy atom. The minimum Gasteiger partial charge on any atom is -0.495 e. The molecule has 0 saturated carbocycles. The lowest BCUT2D eigenvalue weighted by atomic mass is 10.1. The monoisotopic (exact) mass is 377 g/mol. The fourth-order valence-electron chi connectivity index (χ4n) is 2.37. The van der Waals surface area contributed by atoms with Crippen molar-refractivity contribution in [1.82, 2.24) is 0 Å². The van der Waals surface area contributed by atoms with Gasteiger partial charge in [0.1, 0.15) is 5.75 Å². The van der Waals surface area contributed by atoms with E-state index >= 15 is 0 Å². The standard InChI is InChI=1S/C19H20ClNO5/c1-23-15-9-7-13(20)11-14(15)21-17(22)10-6-12-5-8-16(24-2)19(26-4)18(12)25-3/h5-11H,1-4H3,(H,21,22)/b10-6+. The zero-order chi connectivity index (χ0) is 19.1. The smallest absolute Gasteiger partial charge is 0.248 e. The number of halogens is 1. The third-order valence-corrected chi connectivity index (χ3v) is 3.80. The van der Waals surface area contributed by atoms with Gasteiger partial charge in [0, 0.05) is 16.7 Å². The molecule has 0 saturated heterocycles. The Hall–Kier alpha value is -2.86. The molecular formula is C19H20ClNO5. The molecule has 0 unspecified atom stereocenters. The van der Waals surface area contributed by atoms with Crippen molar-refractivity contribution in [2.45, 2.75) is 0 Å². The summed E-state index contributed by atoms with van der Waals surface area (Å²) >= 11 is 5.96. The number of carbonyl (C=O) groups excluding carboxylic acids is 1. The number of anilines is 1. The van der Waals surface area contributed by atoms with Crippen molar-refractivity contribution in [2.24, 2.45) is 0 Å². The van der Waals surface area contributed by atoms with Gasteiger partial charge in [0.25, 0.3) is 0 Å². The van der Waals surface area contributed by atoms with E-state index in [0.29, 0.717) is 39.3 Å². The van der Waals surface area contributed by atoms with E-state index in [1.165, 1.54) is 27.4 Å². The molecule has 138 valence electrons. The first kappa shape index (κ1) is 19.5. The predicted octanol–water partition coefficient (Wildman–Crippen LogP) is 4.03. The first-order valence-corrected chi connectivity index (χ1v) is 8.03. The molecule has 1 N–H and O–H groups in total. The summed E-state index contributed by atoms with van der Waals surface area (Å²) in [5.41, 5.74) is 1.15. The van der Waals surface area contributed by atoms with Crippen LogP contribution in [0, 0.1) is 0 Å². The summed E-state index contributed by atoms with van der Waals surface area (Å²) in [7, 11) is 6.10. The lowest BCUT2D eigenvalue weighted by Crippen LogP contribution is -2.09. The van der Waals surface area contributed by atoms with Gasteiger partial charge in [-0.05, 0) is 36.4 Å². The Morgan fingerprint density at radius 2 is 1.58 bits per heavy atom. The Bertz CT molecular complexity index is 820. The van der Waals surface area contributed by atoms with E-state index in [1.54, 1.807) is 43.5 Å². The van der Waals surface area contributed by atoms with Crippen LogP contribution in [0.4, 0.5) is 5.69 Å². The zero-order valence-corrected chi connectivity index (χ0v) is 15.7. The van der Waals surface area contributed by atoms with Crippen LogP contribution >= 0.6 is 11.6 Å². The molecule has 0 fully saturated rings. The Morgan fingerprint density at radius 3 is 2.19 bits per heavy atom. The molecule has 2 aromatic rings. The van der Waals surface area contributed by atoms with Gasteiger partial charge in [-0.3, -0.25) is 4.79 Å². The lowest BCUT2D eigenvalue weighted by Gasteiger charge is -2.14. The molecule has 0 aliphatic carbocycles. The molecule has 0 heterocycles. The van der Waals surface area contributed by atoms with Gasteiger partial charge < -0.3 is 24.3 Å². The number of hydrogen-bond acceptors (Lipinski definition) is 5. The van der Waals surface area contributed by atoms with Crippen LogP contribution in [0.5, 0.6) is 23.0 Å². The second-order valence-electron chi connectivity index (χ2n) is 5.09. The van der Waals surface area contributed by atoms with E-state index in [4.69, 9.17) is 30.5 Å². The van der Waals surface area contributed by atoms with E-state index < -0.39 is 0 Å². The number of carbonyl (C=O) groups is 1. The van der Waals surface area contributed by atoms with Crippen LogP contribution in [-0.4, -0.2) is 34.3 Å². The first-order chi connectivity index (χ1) is 12.5. The highest BCUT2D eigenvalue weighted by molar-refractivity contribution is 6.31. The Balaban J connectivity index is 2.24. The summed E-state index contributed by atoms with van der Waals surface area (Å²) in [5.74, 6) is 1.63. The van der Waals surface area contributed by atoms with Gasteiger partial charge in [-0.1, -0.05) is 11.6 Å². The quantitative estimate of drug-likeness (QED) is 0.738. The van der Waals surface area contributed by atoms with Crippen molar-refractivity contribution in [1.29, 1.82) is 0 Å². The number of ether oxygens (including phenoxy) is 4. The minimum atomic E-state index is -0.345. The van der Waals surface area contributed by atoms with Crippen LogP contribution in [0.3, 0.4) is 0 Å². The van der Waals surface area contributed by atoms with Crippen LogP contribution in [0.2, 0.25) is 5.02 Å². The number of amides is 1. The molecule has 6 nitrogen and oxygen atoms in total. The molecule has 0 spiro atoms. The molecule has 26 heavy (non-hydrogen) atoms. The summed E-state index contributed by atoms with van der Waals surface area (Å²) < 4.78 is 21.2. The van der Waals surface area contributed by atoms with Gasteiger partial charge in [0.2, 0.25) is 11.7 Å².